The number of benzene rings is 1. The predicted molar refractivity (Wildman–Crippen MR) is 81.7 cm³/mol. The molecule has 0 radical (unpaired) electrons. The van der Waals surface area contributed by atoms with Gasteiger partial charge in [0.25, 0.3) is 0 Å². The van der Waals surface area contributed by atoms with Crippen molar-refractivity contribution in [2.24, 2.45) is 0 Å². The van der Waals surface area contributed by atoms with Crippen molar-refractivity contribution in [3.63, 3.8) is 0 Å². The first-order valence-corrected chi connectivity index (χ1v) is 7.43. The molecule has 1 rings (SSSR count). The Kier molecular flexibility index (Phi) is 8.83. The summed E-state index contributed by atoms with van der Waals surface area (Å²) >= 11 is 0. The van der Waals surface area contributed by atoms with E-state index in [9.17, 15) is 0 Å². The van der Waals surface area contributed by atoms with Crippen molar-refractivity contribution in [1.29, 1.82) is 0 Å². The number of rotatable bonds is 11. The van der Waals surface area contributed by atoms with E-state index in [1.54, 1.807) is 0 Å². The van der Waals surface area contributed by atoms with Gasteiger partial charge in [-0.25, -0.2) is 0 Å². The molecule has 20 heavy (non-hydrogen) atoms. The van der Waals surface area contributed by atoms with E-state index < -0.39 is 0 Å². The van der Waals surface area contributed by atoms with Crippen LogP contribution >= 0.6 is 0 Å². The minimum absolute atomic E-state index is 0.535. The molecule has 1 N–H and O–H groups in total. The summed E-state index contributed by atoms with van der Waals surface area (Å²) in [6, 6.07) is 8.25. The Bertz CT molecular complexity index is 357. The quantitative estimate of drug-likeness (QED) is 0.633. The van der Waals surface area contributed by atoms with Gasteiger partial charge < -0.3 is 19.5 Å². The van der Waals surface area contributed by atoms with Crippen molar-refractivity contribution >= 4 is 0 Å². The van der Waals surface area contributed by atoms with Crippen LogP contribution in [0.5, 0.6) is 11.5 Å². The molecule has 0 heterocycles. The van der Waals surface area contributed by atoms with Crippen LogP contribution < -0.4 is 14.8 Å². The number of hydrogen-bond donors (Lipinski definition) is 1. The molecule has 0 aliphatic rings. The zero-order chi connectivity index (χ0) is 14.6. The third-order valence-corrected chi connectivity index (χ3v) is 2.99. The van der Waals surface area contributed by atoms with Crippen LogP contribution in [-0.2, 0) is 4.74 Å². The van der Waals surface area contributed by atoms with Gasteiger partial charge in [0.05, 0.1) is 19.8 Å². The number of para-hydroxylation sites is 2. The Hall–Kier alpha value is -1.26. The highest BCUT2D eigenvalue weighted by Gasteiger charge is 2.02. The Labute approximate surface area is 122 Å². The Morgan fingerprint density at radius 3 is 2.35 bits per heavy atom. The normalized spacial score (nSPS) is 12.2. The lowest BCUT2D eigenvalue weighted by Gasteiger charge is -2.13. The molecule has 0 saturated heterocycles. The zero-order valence-electron chi connectivity index (χ0n) is 12.9. The Morgan fingerprint density at radius 1 is 1.00 bits per heavy atom. The summed E-state index contributed by atoms with van der Waals surface area (Å²) in [7, 11) is 0. The molecule has 0 unspecified atom stereocenters. The third kappa shape index (κ3) is 6.78. The van der Waals surface area contributed by atoms with Crippen LogP contribution in [0.3, 0.4) is 0 Å². The highest BCUT2D eigenvalue weighted by molar-refractivity contribution is 5.39. The fourth-order valence-corrected chi connectivity index (χ4v) is 1.68. The first-order chi connectivity index (χ1) is 9.77. The van der Waals surface area contributed by atoms with Crippen LogP contribution in [-0.4, -0.2) is 39.0 Å². The predicted octanol–water partition coefficient (Wildman–Crippen LogP) is 2.87. The van der Waals surface area contributed by atoms with Gasteiger partial charge in [0.2, 0.25) is 0 Å². The van der Waals surface area contributed by atoms with Gasteiger partial charge in [-0.1, -0.05) is 19.1 Å². The van der Waals surface area contributed by atoms with Gasteiger partial charge in [-0.2, -0.15) is 0 Å². The van der Waals surface area contributed by atoms with Gasteiger partial charge in [0, 0.05) is 12.6 Å². The molecule has 4 nitrogen and oxygen atoms in total. The molecule has 0 saturated carbocycles. The molecule has 0 aromatic heterocycles. The molecular weight excluding hydrogens is 254 g/mol. The van der Waals surface area contributed by atoms with E-state index in [0.29, 0.717) is 32.5 Å². The van der Waals surface area contributed by atoms with E-state index in [1.165, 1.54) is 0 Å². The maximum Gasteiger partial charge on any atom is 0.161 e. The lowest BCUT2D eigenvalue weighted by atomic mass is 10.3. The lowest BCUT2D eigenvalue weighted by molar-refractivity contribution is 0.0991. The highest BCUT2D eigenvalue weighted by Crippen LogP contribution is 2.26. The zero-order valence-corrected chi connectivity index (χ0v) is 12.9. The summed E-state index contributed by atoms with van der Waals surface area (Å²) in [4.78, 5) is 0. The van der Waals surface area contributed by atoms with Crippen molar-refractivity contribution < 1.29 is 14.2 Å². The fourth-order valence-electron chi connectivity index (χ4n) is 1.68. The number of ether oxygens (including phenoxy) is 3. The highest BCUT2D eigenvalue weighted by atomic mass is 16.5. The summed E-state index contributed by atoms with van der Waals surface area (Å²) in [6.07, 6.45) is 1.14. The van der Waals surface area contributed by atoms with Crippen molar-refractivity contribution in [1.82, 2.24) is 5.32 Å². The molecule has 0 fully saturated rings. The SMILES string of the molecule is CCOc1ccccc1OCCOCCN[C@@H](C)CC. The second-order valence-electron chi connectivity index (χ2n) is 4.60. The maximum absolute atomic E-state index is 5.67. The number of hydrogen-bond acceptors (Lipinski definition) is 4. The number of nitrogens with one attached hydrogen (secondary N) is 1. The van der Waals surface area contributed by atoms with Crippen LogP contribution in [0.15, 0.2) is 24.3 Å². The molecule has 0 amide bonds. The molecular formula is C16H27NO3. The molecule has 1 aromatic carbocycles. The molecule has 1 atom stereocenters. The molecule has 0 spiro atoms. The summed E-state index contributed by atoms with van der Waals surface area (Å²) in [5, 5.41) is 3.38. The van der Waals surface area contributed by atoms with Crippen molar-refractivity contribution in [2.45, 2.75) is 33.2 Å². The first-order valence-electron chi connectivity index (χ1n) is 7.43. The lowest BCUT2D eigenvalue weighted by Crippen LogP contribution is -2.29. The minimum atomic E-state index is 0.535. The second kappa shape index (κ2) is 10.5. The molecule has 0 aliphatic heterocycles. The fraction of sp³-hybridized carbons (Fsp3) is 0.625. The molecule has 0 bridgehead atoms. The van der Waals surface area contributed by atoms with Gasteiger partial charge in [-0.05, 0) is 32.4 Å². The van der Waals surface area contributed by atoms with Crippen molar-refractivity contribution in [3.05, 3.63) is 24.3 Å². The minimum Gasteiger partial charge on any atom is -0.490 e. The largest absolute Gasteiger partial charge is 0.490 e. The average Bonchev–Trinajstić information content (AvgIpc) is 2.47. The molecule has 114 valence electrons. The van der Waals surface area contributed by atoms with E-state index in [-0.39, 0.29) is 0 Å². The van der Waals surface area contributed by atoms with Crippen LogP contribution in [0.2, 0.25) is 0 Å². The van der Waals surface area contributed by atoms with E-state index in [4.69, 9.17) is 14.2 Å². The monoisotopic (exact) mass is 281 g/mol. The third-order valence-electron chi connectivity index (χ3n) is 2.99. The summed E-state index contributed by atoms with van der Waals surface area (Å²) < 4.78 is 16.7. The smallest absolute Gasteiger partial charge is 0.161 e. The van der Waals surface area contributed by atoms with Crippen LogP contribution in [0.4, 0.5) is 0 Å². The van der Waals surface area contributed by atoms with Crippen LogP contribution in [0.1, 0.15) is 27.2 Å². The molecule has 4 heteroatoms. The van der Waals surface area contributed by atoms with E-state index in [0.717, 1.165) is 24.5 Å². The molecule has 1 aromatic rings. The topological polar surface area (TPSA) is 39.7 Å². The van der Waals surface area contributed by atoms with Gasteiger partial charge in [-0.15, -0.1) is 0 Å². The Balaban J connectivity index is 2.12. The van der Waals surface area contributed by atoms with Crippen molar-refractivity contribution in [2.75, 3.05) is 33.0 Å². The van der Waals surface area contributed by atoms with Crippen LogP contribution in [0.25, 0.3) is 0 Å². The van der Waals surface area contributed by atoms with Gasteiger partial charge >= 0.3 is 0 Å². The average molecular weight is 281 g/mol. The standard InChI is InChI=1S/C16H27NO3/c1-4-14(3)17-10-11-18-12-13-20-16-9-7-6-8-15(16)19-5-2/h6-9,14,17H,4-5,10-13H2,1-3H3/t14-/m0/s1. The van der Waals surface area contributed by atoms with Gasteiger partial charge in [-0.3, -0.25) is 0 Å². The van der Waals surface area contributed by atoms with Gasteiger partial charge in [0.15, 0.2) is 11.5 Å². The van der Waals surface area contributed by atoms with Crippen LogP contribution in [0, 0.1) is 0 Å². The van der Waals surface area contributed by atoms with Gasteiger partial charge in [0.1, 0.15) is 6.61 Å². The molecule has 0 aliphatic carbocycles. The maximum atomic E-state index is 5.67. The van der Waals surface area contributed by atoms with E-state index in [1.807, 2.05) is 31.2 Å². The van der Waals surface area contributed by atoms with E-state index in [2.05, 4.69) is 19.2 Å². The summed E-state index contributed by atoms with van der Waals surface area (Å²) in [5.41, 5.74) is 0. The summed E-state index contributed by atoms with van der Waals surface area (Å²) in [6.45, 7) is 9.65. The first kappa shape index (κ1) is 16.8. The second-order valence-corrected chi connectivity index (χ2v) is 4.60. The summed E-state index contributed by atoms with van der Waals surface area (Å²) in [5.74, 6) is 1.56. The van der Waals surface area contributed by atoms with E-state index >= 15 is 0 Å². The Morgan fingerprint density at radius 2 is 1.70 bits per heavy atom. The van der Waals surface area contributed by atoms with Crippen molar-refractivity contribution in [3.8, 4) is 11.5 Å².